The van der Waals surface area contributed by atoms with Crippen molar-refractivity contribution in [2.45, 2.75) is 302 Å². The molecule has 1 amide bonds. The van der Waals surface area contributed by atoms with Crippen molar-refractivity contribution in [2.24, 2.45) is 0 Å². The molecule has 67 heavy (non-hydrogen) atoms. The second-order valence-corrected chi connectivity index (χ2v) is 22.8. The minimum Gasteiger partial charge on any atom is -0.387 e. The Morgan fingerprint density at radius 2 is 0.821 bits per heavy atom. The number of likely N-dealkylation sites (N-methyl/N-ethyl adjacent to an activating group) is 1. The van der Waals surface area contributed by atoms with Crippen LogP contribution in [0.4, 0.5) is 0 Å². The van der Waals surface area contributed by atoms with E-state index >= 15 is 0 Å². The molecule has 398 valence electrons. The predicted molar refractivity (Wildman–Crippen MR) is 291 cm³/mol. The van der Waals surface area contributed by atoms with Crippen molar-refractivity contribution in [3.05, 3.63) is 24.3 Å². The zero-order valence-electron chi connectivity index (χ0n) is 45.4. The number of carbonyl (C=O) groups excluding carboxylic acids is 1. The lowest BCUT2D eigenvalue weighted by atomic mass is 10.0. The van der Waals surface area contributed by atoms with E-state index in [-0.39, 0.29) is 19.1 Å². The van der Waals surface area contributed by atoms with Crippen molar-refractivity contribution in [3.8, 4) is 0 Å². The fourth-order valence-corrected chi connectivity index (χ4v) is 9.56. The molecule has 0 saturated heterocycles. The van der Waals surface area contributed by atoms with Gasteiger partial charge in [0.05, 0.1) is 39.9 Å². The Kier molecular flexibility index (Phi) is 49.2. The number of aliphatic hydroxyl groups excluding tert-OH is 1. The molecule has 0 aliphatic heterocycles. The summed E-state index contributed by atoms with van der Waals surface area (Å²) >= 11 is 0. The number of phosphoric acid groups is 1. The Hall–Kier alpha value is -1.02. The third kappa shape index (κ3) is 52.6. The fraction of sp³-hybridized carbons (Fsp3) is 0.914. The Labute approximate surface area is 417 Å². The summed E-state index contributed by atoms with van der Waals surface area (Å²) in [7, 11) is 1.56. The predicted octanol–water partition coefficient (Wildman–Crippen LogP) is 17.6. The van der Waals surface area contributed by atoms with Gasteiger partial charge in [0.15, 0.2) is 0 Å². The van der Waals surface area contributed by atoms with Gasteiger partial charge in [0.1, 0.15) is 13.2 Å². The molecule has 3 N–H and O–H groups in total. The smallest absolute Gasteiger partial charge is 0.387 e. The van der Waals surface area contributed by atoms with Gasteiger partial charge in [-0.05, 0) is 32.1 Å². The lowest BCUT2D eigenvalue weighted by molar-refractivity contribution is -0.870. The minimum absolute atomic E-state index is 0.0580. The van der Waals surface area contributed by atoms with Crippen LogP contribution < -0.4 is 5.32 Å². The van der Waals surface area contributed by atoms with Crippen molar-refractivity contribution in [3.63, 3.8) is 0 Å². The van der Waals surface area contributed by atoms with Gasteiger partial charge in [-0.25, -0.2) is 4.57 Å². The number of aliphatic hydroxyl groups is 1. The number of carbonyl (C=O) groups is 1. The molecule has 3 atom stereocenters. The molecule has 8 nitrogen and oxygen atoms in total. The van der Waals surface area contributed by atoms with Crippen LogP contribution in [-0.2, 0) is 18.4 Å². The van der Waals surface area contributed by atoms with Crippen LogP contribution >= 0.6 is 7.82 Å². The summed E-state index contributed by atoms with van der Waals surface area (Å²) in [5.41, 5.74) is 0. The molecule has 0 heterocycles. The van der Waals surface area contributed by atoms with Crippen LogP contribution in [0.25, 0.3) is 0 Å². The highest BCUT2D eigenvalue weighted by Gasteiger charge is 2.27. The maximum Gasteiger partial charge on any atom is 0.472 e. The molecule has 0 saturated carbocycles. The Morgan fingerprint density at radius 3 is 1.19 bits per heavy atom. The van der Waals surface area contributed by atoms with Crippen molar-refractivity contribution >= 4 is 13.7 Å². The fourth-order valence-electron chi connectivity index (χ4n) is 8.83. The quantitative estimate of drug-likeness (QED) is 0.0243. The third-order valence-corrected chi connectivity index (χ3v) is 14.4. The monoisotopic (exact) mass is 968 g/mol. The van der Waals surface area contributed by atoms with E-state index in [1.54, 1.807) is 6.08 Å². The van der Waals surface area contributed by atoms with E-state index in [2.05, 4.69) is 31.3 Å². The number of amides is 1. The second-order valence-electron chi connectivity index (χ2n) is 21.4. The lowest BCUT2D eigenvalue weighted by Gasteiger charge is -2.25. The molecule has 9 heteroatoms. The molecule has 0 aromatic rings. The molecule has 0 spiro atoms. The van der Waals surface area contributed by atoms with Crippen LogP contribution in [0.2, 0.25) is 0 Å². The van der Waals surface area contributed by atoms with E-state index in [0.717, 1.165) is 38.5 Å². The van der Waals surface area contributed by atoms with E-state index in [0.29, 0.717) is 17.4 Å². The van der Waals surface area contributed by atoms with Gasteiger partial charge in [-0.3, -0.25) is 13.8 Å². The Morgan fingerprint density at radius 1 is 0.493 bits per heavy atom. The average molecular weight is 969 g/mol. The van der Waals surface area contributed by atoms with Crippen LogP contribution in [0.5, 0.6) is 0 Å². The van der Waals surface area contributed by atoms with Gasteiger partial charge in [0.2, 0.25) is 5.91 Å². The normalized spacial score (nSPS) is 14.1. The number of nitrogens with one attached hydrogen (secondary N) is 1. The van der Waals surface area contributed by atoms with Crippen LogP contribution in [0.15, 0.2) is 24.3 Å². The van der Waals surface area contributed by atoms with Crippen LogP contribution in [0, 0.1) is 0 Å². The first-order chi connectivity index (χ1) is 32.5. The summed E-state index contributed by atoms with van der Waals surface area (Å²) in [6.07, 6.45) is 63.4. The highest BCUT2D eigenvalue weighted by molar-refractivity contribution is 7.47. The molecule has 0 radical (unpaired) electrons. The largest absolute Gasteiger partial charge is 0.472 e. The van der Waals surface area contributed by atoms with Crippen LogP contribution in [0.1, 0.15) is 290 Å². The van der Waals surface area contributed by atoms with E-state index < -0.39 is 20.0 Å². The maximum atomic E-state index is 12.9. The van der Waals surface area contributed by atoms with E-state index in [9.17, 15) is 19.4 Å². The number of nitrogens with zero attached hydrogens (tertiary/aromatic N) is 1. The first-order valence-electron chi connectivity index (χ1n) is 29.2. The van der Waals surface area contributed by atoms with Gasteiger partial charge in [-0.2, -0.15) is 0 Å². The molecule has 3 unspecified atom stereocenters. The number of hydrogen-bond donors (Lipinski definition) is 3. The number of allylic oxidation sites excluding steroid dienone is 3. The average Bonchev–Trinajstić information content (AvgIpc) is 3.29. The molecule has 0 bridgehead atoms. The van der Waals surface area contributed by atoms with Crippen molar-refractivity contribution in [1.29, 1.82) is 0 Å². The third-order valence-electron chi connectivity index (χ3n) is 13.4. The van der Waals surface area contributed by atoms with Gasteiger partial charge in [0.25, 0.3) is 0 Å². The van der Waals surface area contributed by atoms with E-state index in [4.69, 9.17) is 9.05 Å². The first-order valence-corrected chi connectivity index (χ1v) is 30.7. The van der Waals surface area contributed by atoms with Crippen LogP contribution in [0.3, 0.4) is 0 Å². The summed E-state index contributed by atoms with van der Waals surface area (Å²) in [5.74, 6) is -0.184. The highest BCUT2D eigenvalue weighted by Crippen LogP contribution is 2.43. The Balaban J connectivity index is 3.81. The number of quaternary nitrogens is 1. The van der Waals surface area contributed by atoms with Gasteiger partial charge < -0.3 is 19.8 Å². The molecule has 0 aromatic carbocycles. The molecule has 0 aliphatic rings. The SMILES string of the molecule is CCCCC/C=C/CC/C=C/C(O)C(COP(=O)(O)OCC[N+](C)(C)C)NC(=O)CCCCCCCCCCCCCCCCCCCCCCCCCCCCCCCCCCCCCC. The Bertz CT molecular complexity index is 1140. The lowest BCUT2D eigenvalue weighted by Crippen LogP contribution is -2.45. The summed E-state index contributed by atoms with van der Waals surface area (Å²) in [6.45, 7) is 4.77. The zero-order chi connectivity index (χ0) is 49.2. The van der Waals surface area contributed by atoms with Gasteiger partial charge in [-0.1, -0.05) is 276 Å². The summed E-state index contributed by atoms with van der Waals surface area (Å²) in [4.78, 5) is 23.1. The van der Waals surface area contributed by atoms with Gasteiger partial charge in [0, 0.05) is 6.42 Å². The van der Waals surface area contributed by atoms with Crippen molar-refractivity contribution in [2.75, 3.05) is 40.9 Å². The molecule has 0 aliphatic carbocycles. The summed E-state index contributed by atoms with van der Waals surface area (Å²) in [6, 6.07) is -0.858. The first kappa shape index (κ1) is 66.0. The van der Waals surface area contributed by atoms with Crippen molar-refractivity contribution < 1.29 is 32.9 Å². The zero-order valence-corrected chi connectivity index (χ0v) is 46.3. The minimum atomic E-state index is -4.34. The highest BCUT2D eigenvalue weighted by atomic mass is 31.2. The number of unbranched alkanes of at least 4 members (excludes halogenated alkanes) is 39. The molecule has 0 fully saturated rings. The van der Waals surface area contributed by atoms with E-state index in [1.165, 1.54) is 231 Å². The van der Waals surface area contributed by atoms with Crippen LogP contribution in [-0.4, -0.2) is 73.4 Å². The van der Waals surface area contributed by atoms with Gasteiger partial charge >= 0.3 is 7.82 Å². The van der Waals surface area contributed by atoms with E-state index in [1.807, 2.05) is 27.2 Å². The number of rotatable bonds is 54. The molecule has 0 aromatic heterocycles. The van der Waals surface area contributed by atoms with Gasteiger partial charge in [-0.15, -0.1) is 0 Å². The summed E-state index contributed by atoms with van der Waals surface area (Å²) < 4.78 is 23.5. The molecular formula is C58H116N2O6P+. The summed E-state index contributed by atoms with van der Waals surface area (Å²) in [5, 5.41) is 13.8. The molecule has 0 rings (SSSR count). The second kappa shape index (κ2) is 49.9. The topological polar surface area (TPSA) is 105 Å². The maximum absolute atomic E-state index is 12.9. The molecular weight excluding hydrogens is 852 g/mol. The van der Waals surface area contributed by atoms with Crippen molar-refractivity contribution in [1.82, 2.24) is 5.32 Å². The standard InChI is InChI=1S/C58H115N2O6P/c1-6-8-10-12-14-16-17-18-19-20-21-22-23-24-25-26-27-28-29-30-31-32-33-34-35-36-37-38-39-40-41-42-44-46-48-50-52-58(62)59-56(55-66-67(63,64)65-54-53-60(3,4)5)57(61)51-49-47-45-43-15-13-11-9-7-2/h15,43,49,51,56-57,61H,6-14,16-42,44-48,50,52-55H2,1-5H3,(H-,59,62,63,64)/p+1/b43-15+,51-49+. The number of hydrogen-bond acceptors (Lipinski definition) is 5. The number of phosphoric ester groups is 1.